The van der Waals surface area contributed by atoms with Crippen LogP contribution in [0.25, 0.3) is 6.08 Å². The number of carbonyl (C=O) groups is 1. The van der Waals surface area contributed by atoms with Gasteiger partial charge in [0, 0.05) is 6.42 Å². The SMILES string of the molecule is CC1(C)C=Cc2c(cc3c(c2O)C(=O)C[C@@H](c2ccc(O)c(O)c2)C3)O1. The van der Waals surface area contributed by atoms with Crippen LogP contribution in [-0.4, -0.2) is 26.7 Å². The van der Waals surface area contributed by atoms with Crippen molar-refractivity contribution < 1.29 is 24.9 Å². The van der Waals surface area contributed by atoms with E-state index in [1.54, 1.807) is 12.1 Å². The first-order chi connectivity index (χ1) is 12.2. The molecule has 1 atom stereocenters. The summed E-state index contributed by atoms with van der Waals surface area (Å²) < 4.78 is 5.95. The van der Waals surface area contributed by atoms with E-state index in [1.807, 2.05) is 26.0 Å². The normalized spacial score (nSPS) is 20.2. The fourth-order valence-corrected chi connectivity index (χ4v) is 3.72. The third kappa shape index (κ3) is 2.60. The zero-order valence-corrected chi connectivity index (χ0v) is 14.6. The fourth-order valence-electron chi connectivity index (χ4n) is 3.72. The standard InChI is InChI=1S/C21H20O5/c1-21(2)6-5-14-18(26-21)10-13-7-12(9-17(24)19(13)20(14)25)11-3-4-15(22)16(23)8-11/h3-6,8,10,12,22-23,25H,7,9H2,1-2H3/t12-/m0/s1. The van der Waals surface area contributed by atoms with Crippen molar-refractivity contribution in [1.29, 1.82) is 0 Å². The number of carbonyl (C=O) groups excluding carboxylic acids is 1. The number of rotatable bonds is 1. The Balaban J connectivity index is 1.77. The van der Waals surface area contributed by atoms with Gasteiger partial charge in [-0.15, -0.1) is 0 Å². The first kappa shape index (κ1) is 16.5. The second-order valence-corrected chi connectivity index (χ2v) is 7.49. The molecule has 134 valence electrons. The lowest BCUT2D eigenvalue weighted by Gasteiger charge is -2.31. The lowest BCUT2D eigenvalue weighted by molar-refractivity contribution is 0.0960. The van der Waals surface area contributed by atoms with Crippen molar-refractivity contribution in [3.8, 4) is 23.0 Å². The molecule has 1 aliphatic heterocycles. The molecule has 0 aromatic heterocycles. The van der Waals surface area contributed by atoms with Gasteiger partial charge in [0.15, 0.2) is 17.3 Å². The third-order valence-corrected chi connectivity index (χ3v) is 5.06. The number of aromatic hydroxyl groups is 3. The molecule has 0 spiro atoms. The molecule has 1 aliphatic carbocycles. The lowest BCUT2D eigenvalue weighted by Crippen LogP contribution is -2.28. The molecule has 0 saturated heterocycles. The van der Waals surface area contributed by atoms with Crippen LogP contribution in [0.15, 0.2) is 30.3 Å². The van der Waals surface area contributed by atoms with E-state index in [-0.39, 0.29) is 35.4 Å². The Morgan fingerprint density at radius 2 is 1.85 bits per heavy atom. The molecule has 5 heteroatoms. The van der Waals surface area contributed by atoms with Crippen LogP contribution in [0.1, 0.15) is 53.2 Å². The number of benzene rings is 2. The van der Waals surface area contributed by atoms with Crippen molar-refractivity contribution in [3.05, 3.63) is 52.6 Å². The van der Waals surface area contributed by atoms with E-state index in [9.17, 15) is 20.1 Å². The van der Waals surface area contributed by atoms with Crippen LogP contribution >= 0.6 is 0 Å². The molecule has 1 heterocycles. The molecule has 0 fully saturated rings. The van der Waals surface area contributed by atoms with Crippen molar-refractivity contribution >= 4 is 11.9 Å². The number of hydrogen-bond acceptors (Lipinski definition) is 5. The molecule has 0 unspecified atom stereocenters. The summed E-state index contributed by atoms with van der Waals surface area (Å²) in [5.74, 6) is -0.125. The van der Waals surface area contributed by atoms with Gasteiger partial charge < -0.3 is 20.1 Å². The summed E-state index contributed by atoms with van der Waals surface area (Å²) in [6, 6.07) is 6.45. The summed E-state index contributed by atoms with van der Waals surface area (Å²) >= 11 is 0. The third-order valence-electron chi connectivity index (χ3n) is 5.06. The predicted molar refractivity (Wildman–Crippen MR) is 97.0 cm³/mol. The Morgan fingerprint density at radius 3 is 2.58 bits per heavy atom. The van der Waals surface area contributed by atoms with E-state index in [2.05, 4.69) is 0 Å². The molecule has 0 radical (unpaired) electrons. The molecule has 4 rings (SSSR count). The van der Waals surface area contributed by atoms with Gasteiger partial charge in [-0.1, -0.05) is 6.07 Å². The van der Waals surface area contributed by atoms with E-state index in [4.69, 9.17) is 4.74 Å². The minimum absolute atomic E-state index is 0.0266. The number of phenolic OH excluding ortho intramolecular Hbond substituents is 3. The number of ether oxygens (including phenoxy) is 1. The average Bonchev–Trinajstić information content (AvgIpc) is 2.55. The average molecular weight is 352 g/mol. The Kier molecular flexibility index (Phi) is 3.51. The van der Waals surface area contributed by atoms with Crippen LogP contribution in [0.4, 0.5) is 0 Å². The molecule has 2 aromatic rings. The van der Waals surface area contributed by atoms with E-state index in [1.165, 1.54) is 12.1 Å². The minimum atomic E-state index is -0.478. The second kappa shape index (κ2) is 5.53. The molecule has 2 aromatic carbocycles. The number of phenols is 3. The van der Waals surface area contributed by atoms with Gasteiger partial charge in [-0.05, 0) is 67.7 Å². The topological polar surface area (TPSA) is 87.0 Å². The first-order valence-electron chi connectivity index (χ1n) is 8.57. The van der Waals surface area contributed by atoms with Crippen LogP contribution in [0.3, 0.4) is 0 Å². The van der Waals surface area contributed by atoms with Gasteiger partial charge in [0.2, 0.25) is 0 Å². The smallest absolute Gasteiger partial charge is 0.167 e. The molecule has 2 aliphatic rings. The van der Waals surface area contributed by atoms with Gasteiger partial charge in [-0.25, -0.2) is 0 Å². The van der Waals surface area contributed by atoms with Gasteiger partial charge in [0.25, 0.3) is 0 Å². The van der Waals surface area contributed by atoms with Gasteiger partial charge in [0.1, 0.15) is 17.1 Å². The fraction of sp³-hybridized carbons (Fsp3) is 0.286. The van der Waals surface area contributed by atoms with Crippen LogP contribution in [0, 0.1) is 0 Å². The summed E-state index contributed by atoms with van der Waals surface area (Å²) in [4.78, 5) is 12.7. The van der Waals surface area contributed by atoms with E-state index in [0.717, 1.165) is 11.1 Å². The lowest BCUT2D eigenvalue weighted by atomic mass is 9.78. The highest BCUT2D eigenvalue weighted by Crippen LogP contribution is 2.45. The molecule has 5 nitrogen and oxygen atoms in total. The molecule has 26 heavy (non-hydrogen) atoms. The zero-order valence-electron chi connectivity index (χ0n) is 14.6. The number of hydrogen-bond donors (Lipinski definition) is 3. The maximum absolute atomic E-state index is 12.7. The first-order valence-corrected chi connectivity index (χ1v) is 8.57. The Hall–Kier alpha value is -2.95. The minimum Gasteiger partial charge on any atom is -0.506 e. The number of ketones is 1. The van der Waals surface area contributed by atoms with Crippen molar-refractivity contribution in [2.75, 3.05) is 0 Å². The highest BCUT2D eigenvalue weighted by Gasteiger charge is 2.33. The maximum atomic E-state index is 12.7. The zero-order chi connectivity index (χ0) is 18.6. The van der Waals surface area contributed by atoms with E-state index in [0.29, 0.717) is 23.3 Å². The van der Waals surface area contributed by atoms with Crippen molar-refractivity contribution in [3.63, 3.8) is 0 Å². The Bertz CT molecular complexity index is 955. The molecule has 0 saturated carbocycles. The molecule has 0 amide bonds. The molecular formula is C21H20O5. The van der Waals surface area contributed by atoms with E-state index >= 15 is 0 Å². The van der Waals surface area contributed by atoms with E-state index < -0.39 is 5.60 Å². The van der Waals surface area contributed by atoms with Gasteiger partial charge in [-0.2, -0.15) is 0 Å². The summed E-state index contributed by atoms with van der Waals surface area (Å²) in [7, 11) is 0. The summed E-state index contributed by atoms with van der Waals surface area (Å²) in [6.07, 6.45) is 4.43. The van der Waals surface area contributed by atoms with Crippen LogP contribution in [0.5, 0.6) is 23.0 Å². The van der Waals surface area contributed by atoms with Gasteiger partial charge in [-0.3, -0.25) is 4.79 Å². The van der Waals surface area contributed by atoms with Crippen LogP contribution in [-0.2, 0) is 6.42 Å². The van der Waals surface area contributed by atoms with Crippen molar-refractivity contribution in [1.82, 2.24) is 0 Å². The van der Waals surface area contributed by atoms with Gasteiger partial charge >= 0.3 is 0 Å². The second-order valence-electron chi connectivity index (χ2n) is 7.49. The largest absolute Gasteiger partial charge is 0.506 e. The summed E-state index contributed by atoms with van der Waals surface area (Å²) in [5.41, 5.74) is 1.93. The molecular weight excluding hydrogens is 332 g/mol. The van der Waals surface area contributed by atoms with Crippen LogP contribution < -0.4 is 4.74 Å². The summed E-state index contributed by atoms with van der Waals surface area (Å²) in [6.45, 7) is 3.85. The van der Waals surface area contributed by atoms with Crippen LogP contribution in [0.2, 0.25) is 0 Å². The maximum Gasteiger partial charge on any atom is 0.167 e. The predicted octanol–water partition coefficient (Wildman–Crippen LogP) is 3.90. The van der Waals surface area contributed by atoms with Crippen molar-refractivity contribution in [2.24, 2.45) is 0 Å². The highest BCUT2D eigenvalue weighted by atomic mass is 16.5. The van der Waals surface area contributed by atoms with Gasteiger partial charge in [0.05, 0.1) is 11.1 Å². The Morgan fingerprint density at radius 1 is 1.08 bits per heavy atom. The number of Topliss-reactive ketones (excluding diaryl/α,β-unsaturated/α-hetero) is 1. The van der Waals surface area contributed by atoms with Crippen molar-refractivity contribution in [2.45, 2.75) is 38.2 Å². The Labute approximate surface area is 151 Å². The quantitative estimate of drug-likeness (QED) is 0.678. The highest BCUT2D eigenvalue weighted by molar-refractivity contribution is 6.03. The monoisotopic (exact) mass is 352 g/mol. The molecule has 0 bridgehead atoms. The summed E-state index contributed by atoms with van der Waals surface area (Å²) in [5, 5.41) is 29.9. The number of fused-ring (bicyclic) bond motifs is 2. The molecule has 3 N–H and O–H groups in total.